The number of anilines is 1. The van der Waals surface area contributed by atoms with Gasteiger partial charge in [0.25, 0.3) is 11.8 Å². The van der Waals surface area contributed by atoms with E-state index >= 15 is 0 Å². The molecule has 2 amide bonds. The molecule has 1 saturated heterocycles. The highest BCUT2D eigenvalue weighted by molar-refractivity contribution is 8.01. The highest BCUT2D eigenvalue weighted by Gasteiger charge is 2.54. The Kier molecular flexibility index (Phi) is 8.05. The van der Waals surface area contributed by atoms with Crippen molar-refractivity contribution in [2.24, 2.45) is 5.16 Å². The molecule has 2 aromatic heterocycles. The SMILES string of the molecule is CO/N=C(\C(=O)NC1C(=O)N2C(C(=O)O)=C(CSc3nc(CC(=O)O)c(C)s3)CSC12)c1csc(N)n1. The van der Waals surface area contributed by atoms with Crippen LogP contribution in [0.1, 0.15) is 16.3 Å². The van der Waals surface area contributed by atoms with Crippen molar-refractivity contribution in [3.63, 3.8) is 0 Å². The van der Waals surface area contributed by atoms with Crippen molar-refractivity contribution in [1.29, 1.82) is 0 Å². The van der Waals surface area contributed by atoms with E-state index in [9.17, 15) is 24.3 Å². The quantitative estimate of drug-likeness (QED) is 0.134. The Labute approximate surface area is 226 Å². The average Bonchev–Trinajstić information content (AvgIpc) is 3.42. The topological polar surface area (TPSA) is 197 Å². The molecule has 0 aromatic carbocycles. The number of carboxylic acids is 2. The predicted octanol–water partition coefficient (Wildman–Crippen LogP) is 0.999. The Morgan fingerprint density at radius 3 is 2.73 bits per heavy atom. The standard InChI is InChI=1S/C20H20N6O7S4/c1-7-9(3-11(27)28)23-20(37-7)36-5-8-4-34-17-13(16(30)26(17)14(8)18(31)32)24-15(29)12(25-33-2)10-6-35-19(21)22-10/h6,13,17H,3-5H2,1-2H3,(H2,21,22)(H,24,29)(H,27,28)(H,31,32)/b25-12-. The van der Waals surface area contributed by atoms with Crippen molar-refractivity contribution in [2.45, 2.75) is 29.1 Å². The van der Waals surface area contributed by atoms with Gasteiger partial charge in [-0.25, -0.2) is 14.8 Å². The van der Waals surface area contributed by atoms with Crippen LogP contribution in [0.2, 0.25) is 0 Å². The lowest BCUT2D eigenvalue weighted by Crippen LogP contribution is -2.71. The van der Waals surface area contributed by atoms with E-state index in [0.29, 0.717) is 21.4 Å². The van der Waals surface area contributed by atoms with Gasteiger partial charge in [-0.15, -0.1) is 34.4 Å². The Morgan fingerprint density at radius 1 is 1.35 bits per heavy atom. The Hall–Kier alpha value is -3.15. The number of nitrogens with one attached hydrogen (secondary N) is 1. The second-order valence-corrected chi connectivity index (χ2v) is 12.1. The molecule has 2 aromatic rings. The summed E-state index contributed by atoms with van der Waals surface area (Å²) in [5.41, 5.74) is 6.55. The Balaban J connectivity index is 1.47. The van der Waals surface area contributed by atoms with Crippen molar-refractivity contribution in [3.05, 3.63) is 32.9 Å². The van der Waals surface area contributed by atoms with E-state index in [1.165, 1.54) is 52.3 Å². The zero-order valence-electron chi connectivity index (χ0n) is 19.3. The number of carboxylic acid groups (broad SMARTS) is 2. The molecule has 0 radical (unpaired) electrons. The zero-order chi connectivity index (χ0) is 26.9. The Bertz CT molecular complexity index is 1340. The number of oxime groups is 1. The molecule has 2 unspecified atom stereocenters. The summed E-state index contributed by atoms with van der Waals surface area (Å²) < 4.78 is 0.617. The second kappa shape index (κ2) is 11.1. The molecule has 0 bridgehead atoms. The minimum absolute atomic E-state index is 0.121. The molecule has 4 heterocycles. The molecule has 2 aliphatic heterocycles. The summed E-state index contributed by atoms with van der Waals surface area (Å²) in [6.45, 7) is 1.78. The number of aliphatic carboxylic acids is 2. The summed E-state index contributed by atoms with van der Waals surface area (Å²) in [5, 5.41) is 26.3. The largest absolute Gasteiger partial charge is 0.481 e. The third kappa shape index (κ3) is 5.58. The number of hydrogen-bond acceptors (Lipinski definition) is 13. The van der Waals surface area contributed by atoms with Gasteiger partial charge in [0.05, 0.1) is 12.1 Å². The number of nitrogens with two attached hydrogens (primary N) is 1. The van der Waals surface area contributed by atoms with Gasteiger partial charge in [-0.1, -0.05) is 16.9 Å². The van der Waals surface area contributed by atoms with Crippen LogP contribution in [0.3, 0.4) is 0 Å². The van der Waals surface area contributed by atoms with Gasteiger partial charge < -0.3 is 26.1 Å². The van der Waals surface area contributed by atoms with Crippen LogP contribution in [0, 0.1) is 6.92 Å². The molecule has 0 spiro atoms. The summed E-state index contributed by atoms with van der Waals surface area (Å²) in [5.74, 6) is -2.91. The van der Waals surface area contributed by atoms with Gasteiger partial charge in [-0.05, 0) is 12.5 Å². The molecule has 4 rings (SSSR count). The molecule has 2 atom stereocenters. The van der Waals surface area contributed by atoms with Crippen molar-refractivity contribution < 1.29 is 34.2 Å². The number of β-lactam (4-membered cyclic amide) rings is 1. The van der Waals surface area contributed by atoms with Gasteiger partial charge >= 0.3 is 11.9 Å². The first-order valence-corrected chi connectivity index (χ1v) is 14.2. The number of rotatable bonds is 10. The molecule has 196 valence electrons. The molecule has 13 nitrogen and oxygen atoms in total. The van der Waals surface area contributed by atoms with Crippen molar-refractivity contribution in [1.82, 2.24) is 20.2 Å². The summed E-state index contributed by atoms with van der Waals surface area (Å²) in [4.78, 5) is 64.0. The van der Waals surface area contributed by atoms with Crippen molar-refractivity contribution >= 4 is 80.8 Å². The fourth-order valence-electron chi connectivity index (χ4n) is 3.62. The molecule has 2 aliphatic rings. The van der Waals surface area contributed by atoms with E-state index in [4.69, 9.17) is 15.7 Å². The van der Waals surface area contributed by atoms with Crippen molar-refractivity contribution in [2.75, 3.05) is 24.3 Å². The number of aromatic nitrogens is 2. The third-order valence-electron chi connectivity index (χ3n) is 5.26. The van der Waals surface area contributed by atoms with E-state index < -0.39 is 35.2 Å². The van der Waals surface area contributed by atoms with Gasteiger partial charge in [0.1, 0.15) is 29.9 Å². The molecular weight excluding hydrogens is 565 g/mol. The molecule has 0 saturated carbocycles. The number of hydrogen-bond donors (Lipinski definition) is 4. The smallest absolute Gasteiger partial charge is 0.352 e. The van der Waals surface area contributed by atoms with Crippen LogP contribution in [-0.4, -0.2) is 84.6 Å². The normalized spacial score (nSPS) is 19.4. The zero-order valence-corrected chi connectivity index (χ0v) is 22.6. The minimum Gasteiger partial charge on any atom is -0.481 e. The number of thiazole rings is 2. The molecule has 5 N–H and O–H groups in total. The van der Waals surface area contributed by atoms with Crippen LogP contribution in [0.15, 0.2) is 26.1 Å². The monoisotopic (exact) mass is 584 g/mol. The predicted molar refractivity (Wildman–Crippen MR) is 139 cm³/mol. The van der Waals surface area contributed by atoms with E-state index in [1.807, 2.05) is 0 Å². The van der Waals surface area contributed by atoms with Crippen LogP contribution < -0.4 is 11.1 Å². The van der Waals surface area contributed by atoms with E-state index in [0.717, 1.165) is 16.2 Å². The lowest BCUT2D eigenvalue weighted by Gasteiger charge is -2.49. The van der Waals surface area contributed by atoms with Crippen molar-refractivity contribution in [3.8, 4) is 0 Å². The number of carbonyl (C=O) groups is 4. The molecule has 17 heteroatoms. The maximum atomic E-state index is 13.0. The molecule has 1 fully saturated rings. The van der Waals surface area contributed by atoms with Gasteiger partial charge in [-0.3, -0.25) is 19.3 Å². The second-order valence-electron chi connectivity index (χ2n) is 7.65. The summed E-state index contributed by atoms with van der Waals surface area (Å²) in [6.07, 6.45) is -0.189. The van der Waals surface area contributed by atoms with Crippen LogP contribution >= 0.6 is 46.2 Å². The summed E-state index contributed by atoms with van der Waals surface area (Å²) >= 11 is 5.06. The Morgan fingerprint density at radius 2 is 2.11 bits per heavy atom. The fraction of sp³-hybridized carbons (Fsp3) is 0.350. The first-order chi connectivity index (χ1) is 17.6. The lowest BCUT2D eigenvalue weighted by atomic mass is 10.0. The van der Waals surface area contributed by atoms with Gasteiger partial charge in [0, 0.05) is 21.8 Å². The third-order valence-corrected chi connectivity index (χ3v) is 9.52. The molecular formula is C20H20N6O7S4. The number of thioether (sulfide) groups is 2. The van der Waals surface area contributed by atoms with Gasteiger partial charge in [0.15, 0.2) is 15.2 Å². The summed E-state index contributed by atoms with van der Waals surface area (Å²) in [7, 11) is 1.26. The van der Waals surface area contributed by atoms with Crippen LogP contribution in [0.25, 0.3) is 0 Å². The number of aryl methyl sites for hydroxylation is 1. The first kappa shape index (κ1) is 26.9. The minimum atomic E-state index is -1.25. The van der Waals surface area contributed by atoms with Crippen LogP contribution in [0.4, 0.5) is 5.13 Å². The van der Waals surface area contributed by atoms with E-state index in [1.54, 1.807) is 6.92 Å². The van der Waals surface area contributed by atoms with E-state index in [2.05, 4.69) is 20.4 Å². The van der Waals surface area contributed by atoms with Gasteiger partial charge in [0.2, 0.25) is 0 Å². The number of carbonyl (C=O) groups excluding carboxylic acids is 2. The number of amides is 2. The summed E-state index contributed by atoms with van der Waals surface area (Å²) in [6, 6.07) is -0.959. The maximum Gasteiger partial charge on any atom is 0.352 e. The van der Waals surface area contributed by atoms with Crippen LogP contribution in [-0.2, 0) is 30.4 Å². The number of fused-ring (bicyclic) bond motifs is 1. The van der Waals surface area contributed by atoms with Gasteiger partial charge in [-0.2, -0.15) is 0 Å². The fourth-order valence-corrected chi connectivity index (χ4v) is 7.79. The van der Waals surface area contributed by atoms with E-state index in [-0.39, 0.29) is 34.4 Å². The lowest BCUT2D eigenvalue weighted by molar-refractivity contribution is -0.150. The molecule has 0 aliphatic carbocycles. The number of nitrogen functional groups attached to an aromatic ring is 1. The first-order valence-electron chi connectivity index (χ1n) is 10.4. The maximum absolute atomic E-state index is 13.0. The number of nitrogens with zero attached hydrogens (tertiary/aromatic N) is 4. The highest BCUT2D eigenvalue weighted by atomic mass is 32.2. The average molecular weight is 585 g/mol. The molecule has 37 heavy (non-hydrogen) atoms. The highest BCUT2D eigenvalue weighted by Crippen LogP contribution is 2.42. The van der Waals surface area contributed by atoms with Crippen LogP contribution in [0.5, 0.6) is 0 Å².